The molecule has 0 fully saturated rings. The predicted octanol–water partition coefficient (Wildman–Crippen LogP) is 2.65. The molecule has 2 nitrogen and oxygen atoms in total. The molecule has 1 aromatic carbocycles. The van der Waals surface area contributed by atoms with E-state index in [-0.39, 0.29) is 10.8 Å². The molecule has 0 spiro atoms. The first-order valence-electron chi connectivity index (χ1n) is 5.37. The maximum atomic E-state index is 13.1. The van der Waals surface area contributed by atoms with Crippen LogP contribution in [0.1, 0.15) is 12.0 Å². The first-order valence-corrected chi connectivity index (χ1v) is 5.75. The second-order valence-corrected chi connectivity index (χ2v) is 4.00. The zero-order valence-corrected chi connectivity index (χ0v) is 10.2. The minimum atomic E-state index is -0.341. The Kier molecular flexibility index (Phi) is 6.38. The maximum Gasteiger partial charge on any atom is 0.142 e. The zero-order chi connectivity index (χ0) is 11.8. The topological polar surface area (TPSA) is 21.3 Å². The lowest BCUT2D eigenvalue weighted by molar-refractivity contribution is 0.199. The van der Waals surface area contributed by atoms with E-state index in [9.17, 15) is 4.39 Å². The van der Waals surface area contributed by atoms with Crippen LogP contribution >= 0.6 is 11.6 Å². The second kappa shape index (κ2) is 7.60. The Bertz CT molecular complexity index is 320. The van der Waals surface area contributed by atoms with Crippen molar-refractivity contribution in [2.24, 2.45) is 0 Å². The van der Waals surface area contributed by atoms with Crippen molar-refractivity contribution in [3.05, 3.63) is 34.6 Å². The molecule has 0 unspecified atom stereocenters. The number of ether oxygens (including phenoxy) is 1. The van der Waals surface area contributed by atoms with Gasteiger partial charge >= 0.3 is 0 Å². The van der Waals surface area contributed by atoms with Crippen molar-refractivity contribution in [1.29, 1.82) is 0 Å². The van der Waals surface area contributed by atoms with E-state index in [1.54, 1.807) is 13.2 Å². The molecule has 0 saturated carbocycles. The van der Waals surface area contributed by atoms with Crippen LogP contribution in [0.15, 0.2) is 18.2 Å². The third kappa shape index (κ3) is 4.92. The summed E-state index contributed by atoms with van der Waals surface area (Å²) in [6.45, 7) is 2.48. The monoisotopic (exact) mass is 245 g/mol. The molecule has 0 atom stereocenters. The standard InChI is InChI=1S/C12H17ClFNO/c1-16-8-7-15-6-2-3-10-4-5-11(13)12(14)9-10/h4-5,9,15H,2-3,6-8H2,1H3. The molecule has 0 amide bonds. The van der Waals surface area contributed by atoms with Crippen LogP contribution in [0.3, 0.4) is 0 Å². The molecule has 0 aliphatic rings. The molecule has 0 heterocycles. The Balaban J connectivity index is 2.19. The van der Waals surface area contributed by atoms with Gasteiger partial charge in [-0.3, -0.25) is 0 Å². The summed E-state index contributed by atoms with van der Waals surface area (Å²) in [5.74, 6) is -0.341. The fraction of sp³-hybridized carbons (Fsp3) is 0.500. The second-order valence-electron chi connectivity index (χ2n) is 3.59. The Hall–Kier alpha value is -0.640. The minimum absolute atomic E-state index is 0.182. The predicted molar refractivity (Wildman–Crippen MR) is 64.5 cm³/mol. The van der Waals surface area contributed by atoms with Gasteiger partial charge < -0.3 is 10.1 Å². The van der Waals surface area contributed by atoms with Crippen LogP contribution in [-0.2, 0) is 11.2 Å². The van der Waals surface area contributed by atoms with Gasteiger partial charge in [0.15, 0.2) is 0 Å². The highest BCUT2D eigenvalue weighted by Crippen LogP contribution is 2.16. The van der Waals surface area contributed by atoms with Crippen LogP contribution < -0.4 is 5.32 Å². The summed E-state index contributed by atoms with van der Waals surface area (Å²) in [4.78, 5) is 0. The number of hydrogen-bond donors (Lipinski definition) is 1. The maximum absolute atomic E-state index is 13.1. The molecule has 0 aliphatic heterocycles. The van der Waals surface area contributed by atoms with Crippen molar-refractivity contribution in [2.45, 2.75) is 12.8 Å². The van der Waals surface area contributed by atoms with Gasteiger partial charge in [-0.1, -0.05) is 17.7 Å². The van der Waals surface area contributed by atoms with Crippen LogP contribution in [-0.4, -0.2) is 26.8 Å². The number of benzene rings is 1. The van der Waals surface area contributed by atoms with Crippen molar-refractivity contribution in [3.63, 3.8) is 0 Å². The summed E-state index contributed by atoms with van der Waals surface area (Å²) >= 11 is 5.60. The summed E-state index contributed by atoms with van der Waals surface area (Å²) in [5.41, 5.74) is 0.982. The number of methoxy groups -OCH3 is 1. The summed E-state index contributed by atoms with van der Waals surface area (Å²) in [6, 6.07) is 4.96. The molecule has 16 heavy (non-hydrogen) atoms. The van der Waals surface area contributed by atoms with Crippen LogP contribution in [0.2, 0.25) is 5.02 Å². The van der Waals surface area contributed by atoms with Crippen molar-refractivity contribution in [2.75, 3.05) is 26.8 Å². The number of halogens is 2. The van der Waals surface area contributed by atoms with Crippen molar-refractivity contribution >= 4 is 11.6 Å². The van der Waals surface area contributed by atoms with Crippen molar-refractivity contribution < 1.29 is 9.13 Å². The molecule has 1 rings (SSSR count). The molecule has 0 bridgehead atoms. The Morgan fingerprint density at radius 1 is 1.38 bits per heavy atom. The average Bonchev–Trinajstić information content (AvgIpc) is 2.28. The first-order chi connectivity index (χ1) is 7.74. The molecule has 90 valence electrons. The van der Waals surface area contributed by atoms with Crippen molar-refractivity contribution in [1.82, 2.24) is 5.32 Å². The number of hydrogen-bond acceptors (Lipinski definition) is 2. The summed E-state index contributed by atoms with van der Waals surface area (Å²) in [6.07, 6.45) is 1.83. The summed E-state index contributed by atoms with van der Waals surface area (Å²) < 4.78 is 18.0. The van der Waals surface area contributed by atoms with E-state index in [1.165, 1.54) is 6.07 Å². The molecular formula is C12H17ClFNO. The Morgan fingerprint density at radius 2 is 2.19 bits per heavy atom. The third-order valence-electron chi connectivity index (χ3n) is 2.29. The van der Waals surface area contributed by atoms with Crippen LogP contribution in [0.5, 0.6) is 0 Å². The van der Waals surface area contributed by atoms with Gasteiger partial charge in [-0.15, -0.1) is 0 Å². The quantitative estimate of drug-likeness (QED) is 0.746. The van der Waals surface area contributed by atoms with E-state index in [0.29, 0.717) is 0 Å². The largest absolute Gasteiger partial charge is 0.383 e. The molecule has 1 aromatic rings. The lowest BCUT2D eigenvalue weighted by Gasteiger charge is -2.04. The van der Waals surface area contributed by atoms with E-state index in [2.05, 4.69) is 5.32 Å². The highest BCUT2D eigenvalue weighted by Gasteiger charge is 2.00. The highest BCUT2D eigenvalue weighted by molar-refractivity contribution is 6.30. The van der Waals surface area contributed by atoms with E-state index in [0.717, 1.165) is 38.1 Å². The van der Waals surface area contributed by atoms with E-state index in [4.69, 9.17) is 16.3 Å². The molecule has 4 heteroatoms. The molecule has 0 aliphatic carbocycles. The molecule has 0 aromatic heterocycles. The van der Waals surface area contributed by atoms with Gasteiger partial charge in [-0.25, -0.2) is 4.39 Å². The SMILES string of the molecule is COCCNCCCc1ccc(Cl)c(F)c1. The normalized spacial score (nSPS) is 10.7. The number of nitrogens with one attached hydrogen (secondary N) is 1. The van der Waals surface area contributed by atoms with Crippen LogP contribution in [0.25, 0.3) is 0 Å². The van der Waals surface area contributed by atoms with Gasteiger partial charge in [-0.05, 0) is 37.1 Å². The minimum Gasteiger partial charge on any atom is -0.383 e. The van der Waals surface area contributed by atoms with Gasteiger partial charge in [0.05, 0.1) is 11.6 Å². The van der Waals surface area contributed by atoms with E-state index >= 15 is 0 Å². The summed E-state index contributed by atoms with van der Waals surface area (Å²) in [5, 5.41) is 3.42. The third-order valence-corrected chi connectivity index (χ3v) is 2.59. The van der Waals surface area contributed by atoms with Gasteiger partial charge in [0.2, 0.25) is 0 Å². The highest BCUT2D eigenvalue weighted by atomic mass is 35.5. The smallest absolute Gasteiger partial charge is 0.142 e. The first kappa shape index (κ1) is 13.4. The average molecular weight is 246 g/mol. The van der Waals surface area contributed by atoms with Gasteiger partial charge in [0.25, 0.3) is 0 Å². The number of rotatable bonds is 7. The fourth-order valence-corrected chi connectivity index (χ4v) is 1.53. The lowest BCUT2D eigenvalue weighted by atomic mass is 10.1. The fourth-order valence-electron chi connectivity index (χ4n) is 1.41. The lowest BCUT2D eigenvalue weighted by Crippen LogP contribution is -2.20. The molecule has 0 saturated heterocycles. The Morgan fingerprint density at radius 3 is 2.88 bits per heavy atom. The van der Waals surface area contributed by atoms with Crippen LogP contribution in [0, 0.1) is 5.82 Å². The number of aryl methyl sites for hydroxylation is 1. The molecule has 1 N–H and O–H groups in total. The summed E-state index contributed by atoms with van der Waals surface area (Å²) in [7, 11) is 1.68. The zero-order valence-electron chi connectivity index (χ0n) is 9.43. The molecule has 0 radical (unpaired) electrons. The molecular weight excluding hydrogens is 229 g/mol. The Labute approximate surface area is 101 Å². The van der Waals surface area contributed by atoms with Crippen molar-refractivity contribution in [3.8, 4) is 0 Å². The van der Waals surface area contributed by atoms with E-state index in [1.807, 2.05) is 6.07 Å². The van der Waals surface area contributed by atoms with E-state index < -0.39 is 0 Å². The van der Waals surface area contributed by atoms with Gasteiger partial charge in [0.1, 0.15) is 5.82 Å². The van der Waals surface area contributed by atoms with Crippen LogP contribution in [0.4, 0.5) is 4.39 Å². The van der Waals surface area contributed by atoms with Gasteiger partial charge in [0, 0.05) is 13.7 Å². The van der Waals surface area contributed by atoms with Gasteiger partial charge in [-0.2, -0.15) is 0 Å².